The molecule has 0 amide bonds. The van der Waals surface area contributed by atoms with Crippen LogP contribution in [-0.4, -0.2) is 10.2 Å². The van der Waals surface area contributed by atoms with Crippen LogP contribution in [0, 0.1) is 6.92 Å². The number of rotatable bonds is 1. The van der Waals surface area contributed by atoms with Gasteiger partial charge in [-0.15, -0.1) is 0 Å². The Morgan fingerprint density at radius 2 is 1.65 bits per heavy atom. The van der Waals surface area contributed by atoms with E-state index in [1.807, 2.05) is 6.92 Å². The van der Waals surface area contributed by atoms with Gasteiger partial charge < -0.3 is 10.2 Å². The van der Waals surface area contributed by atoms with Gasteiger partial charge in [0.05, 0.1) is 10.6 Å². The largest absolute Gasteiger partial charge is 0.506 e. The third-order valence-corrected chi connectivity index (χ3v) is 4.02. The molecule has 1 aliphatic carbocycles. The van der Waals surface area contributed by atoms with Crippen molar-refractivity contribution in [1.82, 2.24) is 0 Å². The summed E-state index contributed by atoms with van der Waals surface area (Å²) in [5, 5.41) is 20.8. The number of phenolic OH excluding ortho intramolecular Hbond substituents is 1. The van der Waals surface area contributed by atoms with E-state index < -0.39 is 5.60 Å². The highest BCUT2D eigenvalue weighted by Crippen LogP contribution is 2.44. The maximum absolute atomic E-state index is 10.2. The van der Waals surface area contributed by atoms with Crippen molar-refractivity contribution in [2.75, 3.05) is 0 Å². The van der Waals surface area contributed by atoms with Crippen LogP contribution in [0.15, 0.2) is 0 Å². The molecule has 1 aromatic rings. The minimum absolute atomic E-state index is 0.0531. The summed E-state index contributed by atoms with van der Waals surface area (Å²) in [5.74, 6) is 0.0531. The van der Waals surface area contributed by atoms with Gasteiger partial charge in [0.1, 0.15) is 5.75 Å². The number of aromatic hydroxyl groups is 1. The Balaban J connectivity index is 2.75. The van der Waals surface area contributed by atoms with Gasteiger partial charge in [-0.05, 0) is 63.1 Å². The van der Waals surface area contributed by atoms with E-state index in [0.29, 0.717) is 10.6 Å². The van der Waals surface area contributed by atoms with Gasteiger partial charge >= 0.3 is 0 Å². The molecule has 17 heavy (non-hydrogen) atoms. The molecule has 0 spiro atoms. The lowest BCUT2D eigenvalue weighted by Gasteiger charge is -2.28. The Morgan fingerprint density at radius 1 is 1.12 bits per heavy atom. The third-order valence-electron chi connectivity index (χ3n) is 3.62. The fourth-order valence-corrected chi connectivity index (χ4v) is 3.19. The second-order valence-corrected chi connectivity index (χ2v) is 5.76. The molecule has 0 fully saturated rings. The Kier molecular flexibility index (Phi) is 3.13. The smallest absolute Gasteiger partial charge is 0.140 e. The molecule has 0 saturated heterocycles. The van der Waals surface area contributed by atoms with E-state index in [4.69, 9.17) is 11.6 Å². The monoisotopic (exact) mass is 254 g/mol. The van der Waals surface area contributed by atoms with E-state index in [-0.39, 0.29) is 5.75 Å². The lowest BCUT2D eigenvalue weighted by Crippen LogP contribution is -2.20. The maximum Gasteiger partial charge on any atom is 0.140 e. The van der Waals surface area contributed by atoms with Crippen molar-refractivity contribution < 1.29 is 10.2 Å². The molecule has 1 aromatic carbocycles. The second kappa shape index (κ2) is 4.18. The molecule has 0 aliphatic heterocycles. The average Bonchev–Trinajstić information content (AvgIpc) is 2.24. The third kappa shape index (κ3) is 2.04. The molecule has 0 unspecified atom stereocenters. The first kappa shape index (κ1) is 12.7. The van der Waals surface area contributed by atoms with Crippen LogP contribution in [0.4, 0.5) is 0 Å². The van der Waals surface area contributed by atoms with E-state index in [0.717, 1.165) is 36.8 Å². The number of fused-ring (bicyclic) bond motifs is 1. The fourth-order valence-electron chi connectivity index (χ4n) is 2.89. The predicted octanol–water partition coefficient (Wildman–Crippen LogP) is 3.46. The summed E-state index contributed by atoms with van der Waals surface area (Å²) >= 11 is 6.23. The number of hydrogen-bond acceptors (Lipinski definition) is 2. The zero-order valence-corrected chi connectivity index (χ0v) is 11.4. The van der Waals surface area contributed by atoms with Crippen LogP contribution in [0.25, 0.3) is 0 Å². The molecule has 2 rings (SSSR count). The number of benzene rings is 1. The van der Waals surface area contributed by atoms with Crippen molar-refractivity contribution in [3.05, 3.63) is 27.3 Å². The van der Waals surface area contributed by atoms with Crippen molar-refractivity contribution in [1.29, 1.82) is 0 Å². The van der Waals surface area contributed by atoms with Crippen LogP contribution < -0.4 is 0 Å². The summed E-state index contributed by atoms with van der Waals surface area (Å²) in [6.07, 6.45) is 4.19. The van der Waals surface area contributed by atoms with Crippen molar-refractivity contribution in [2.24, 2.45) is 0 Å². The zero-order chi connectivity index (χ0) is 12.8. The number of phenols is 1. The van der Waals surface area contributed by atoms with Crippen LogP contribution in [0.2, 0.25) is 5.02 Å². The standard InChI is InChI=1S/C14H19ClO2/c1-8-9-6-4-5-7-10(9)12(15)13(16)11(8)14(2,3)17/h16-17H,4-7H2,1-3H3. The molecule has 3 heteroatoms. The molecule has 1 aliphatic rings. The molecule has 0 saturated carbocycles. The van der Waals surface area contributed by atoms with Crippen LogP contribution in [-0.2, 0) is 18.4 Å². The normalized spacial score (nSPS) is 15.8. The first-order valence-electron chi connectivity index (χ1n) is 6.09. The van der Waals surface area contributed by atoms with Crippen LogP contribution in [0.3, 0.4) is 0 Å². The zero-order valence-electron chi connectivity index (χ0n) is 10.6. The summed E-state index contributed by atoms with van der Waals surface area (Å²) in [5.41, 5.74) is 2.79. The predicted molar refractivity (Wildman–Crippen MR) is 69.7 cm³/mol. The van der Waals surface area contributed by atoms with Gasteiger partial charge in [0, 0.05) is 5.56 Å². The van der Waals surface area contributed by atoms with Gasteiger partial charge in [-0.25, -0.2) is 0 Å². The quantitative estimate of drug-likeness (QED) is 0.806. The van der Waals surface area contributed by atoms with Gasteiger partial charge in [0.2, 0.25) is 0 Å². The SMILES string of the molecule is Cc1c2c(c(Cl)c(O)c1C(C)(C)O)CCCC2. The van der Waals surface area contributed by atoms with E-state index in [9.17, 15) is 10.2 Å². The van der Waals surface area contributed by atoms with E-state index in [1.54, 1.807) is 13.8 Å². The molecular weight excluding hydrogens is 236 g/mol. The summed E-state index contributed by atoms with van der Waals surface area (Å²) in [4.78, 5) is 0. The van der Waals surface area contributed by atoms with E-state index in [1.165, 1.54) is 5.56 Å². The average molecular weight is 255 g/mol. The van der Waals surface area contributed by atoms with Crippen molar-refractivity contribution in [3.63, 3.8) is 0 Å². The van der Waals surface area contributed by atoms with E-state index >= 15 is 0 Å². The van der Waals surface area contributed by atoms with Gasteiger partial charge in [-0.3, -0.25) is 0 Å². The maximum atomic E-state index is 10.2. The number of aliphatic hydroxyl groups is 1. The first-order chi connectivity index (χ1) is 7.84. The first-order valence-corrected chi connectivity index (χ1v) is 6.47. The van der Waals surface area contributed by atoms with Crippen LogP contribution >= 0.6 is 11.6 Å². The van der Waals surface area contributed by atoms with Crippen molar-refractivity contribution in [2.45, 2.75) is 52.1 Å². The summed E-state index contributed by atoms with van der Waals surface area (Å²) in [7, 11) is 0. The molecule has 0 radical (unpaired) electrons. The number of hydrogen-bond donors (Lipinski definition) is 2. The minimum Gasteiger partial charge on any atom is -0.506 e. The molecule has 94 valence electrons. The Labute approximate surface area is 107 Å². The second-order valence-electron chi connectivity index (χ2n) is 5.39. The van der Waals surface area contributed by atoms with Crippen molar-refractivity contribution in [3.8, 4) is 5.75 Å². The summed E-state index contributed by atoms with van der Waals surface area (Å²) in [6.45, 7) is 5.33. The highest BCUT2D eigenvalue weighted by atomic mass is 35.5. The molecule has 0 heterocycles. The van der Waals surface area contributed by atoms with Gasteiger partial charge in [-0.2, -0.15) is 0 Å². The highest BCUT2D eigenvalue weighted by Gasteiger charge is 2.29. The molecule has 0 aromatic heterocycles. The fraction of sp³-hybridized carbons (Fsp3) is 0.571. The van der Waals surface area contributed by atoms with Crippen LogP contribution in [0.5, 0.6) is 5.75 Å². The molecule has 0 atom stereocenters. The minimum atomic E-state index is -1.07. The summed E-state index contributed by atoms with van der Waals surface area (Å²) < 4.78 is 0. The summed E-state index contributed by atoms with van der Waals surface area (Å²) in [6, 6.07) is 0. The Bertz CT molecular complexity index is 459. The topological polar surface area (TPSA) is 40.5 Å². The Morgan fingerprint density at radius 3 is 2.18 bits per heavy atom. The lowest BCUT2D eigenvalue weighted by molar-refractivity contribution is 0.0750. The number of halogens is 1. The van der Waals surface area contributed by atoms with Gasteiger partial charge in [-0.1, -0.05) is 11.6 Å². The van der Waals surface area contributed by atoms with Gasteiger partial charge in [0.25, 0.3) is 0 Å². The molecule has 0 bridgehead atoms. The van der Waals surface area contributed by atoms with E-state index in [2.05, 4.69) is 0 Å². The molecule has 2 N–H and O–H groups in total. The highest BCUT2D eigenvalue weighted by molar-refractivity contribution is 6.33. The molecular formula is C14H19ClO2. The molecule has 2 nitrogen and oxygen atoms in total. The Hall–Kier alpha value is -0.730. The van der Waals surface area contributed by atoms with Gasteiger partial charge in [0.15, 0.2) is 0 Å². The van der Waals surface area contributed by atoms with Crippen LogP contribution in [0.1, 0.15) is 48.9 Å². The van der Waals surface area contributed by atoms with Crippen molar-refractivity contribution >= 4 is 11.6 Å². The lowest BCUT2D eigenvalue weighted by atomic mass is 9.82.